The topological polar surface area (TPSA) is 20.3 Å². The maximum Gasteiger partial charge on any atom is 0.256 e. The third-order valence-corrected chi connectivity index (χ3v) is 4.70. The molecule has 2 nitrogen and oxygen atoms in total. The summed E-state index contributed by atoms with van der Waals surface area (Å²) >= 11 is 1.77. The van der Waals surface area contributed by atoms with Gasteiger partial charge in [0.05, 0.1) is 11.1 Å². The molecule has 0 unspecified atom stereocenters. The number of amides is 1. The van der Waals surface area contributed by atoms with Crippen LogP contribution in [0.3, 0.4) is 0 Å². The first-order valence-electron chi connectivity index (χ1n) is 5.11. The van der Waals surface area contributed by atoms with E-state index in [1.165, 1.54) is 17.7 Å². The fourth-order valence-electron chi connectivity index (χ4n) is 2.57. The first kappa shape index (κ1) is 8.48. The van der Waals surface area contributed by atoms with Gasteiger partial charge in [0.25, 0.3) is 5.91 Å². The third kappa shape index (κ3) is 0.753. The number of thiophene rings is 1. The van der Waals surface area contributed by atoms with Crippen LogP contribution in [0.5, 0.6) is 0 Å². The quantitative estimate of drug-likeness (QED) is 0.693. The van der Waals surface area contributed by atoms with Crippen molar-refractivity contribution in [3.63, 3.8) is 0 Å². The van der Waals surface area contributed by atoms with Gasteiger partial charge >= 0.3 is 0 Å². The maximum absolute atomic E-state index is 12.1. The molecule has 2 aliphatic rings. The van der Waals surface area contributed by atoms with Gasteiger partial charge in [0, 0.05) is 11.4 Å². The zero-order valence-electron chi connectivity index (χ0n) is 8.46. The molecule has 0 aromatic carbocycles. The normalized spacial score (nSPS) is 21.9. The molecule has 0 saturated heterocycles. The number of hydrogen-bond acceptors (Lipinski definition) is 2. The molecule has 14 heavy (non-hydrogen) atoms. The van der Waals surface area contributed by atoms with Crippen molar-refractivity contribution in [1.82, 2.24) is 4.90 Å². The summed E-state index contributed by atoms with van der Waals surface area (Å²) in [5, 5.41) is 2.12. The lowest BCUT2D eigenvalue weighted by Crippen LogP contribution is -2.33. The first-order valence-corrected chi connectivity index (χ1v) is 5.99. The average molecular weight is 207 g/mol. The Bertz CT molecular complexity index is 417. The van der Waals surface area contributed by atoms with Gasteiger partial charge in [0.2, 0.25) is 0 Å². The second-order valence-corrected chi connectivity index (χ2v) is 5.08. The van der Waals surface area contributed by atoms with Crippen LogP contribution >= 0.6 is 11.3 Å². The highest BCUT2D eigenvalue weighted by Crippen LogP contribution is 2.58. The van der Waals surface area contributed by atoms with Crippen LogP contribution in [0.15, 0.2) is 5.38 Å². The molecular formula is C11H13NOS. The molecule has 1 aliphatic carbocycles. The van der Waals surface area contributed by atoms with Crippen molar-refractivity contribution < 1.29 is 4.79 Å². The van der Waals surface area contributed by atoms with Crippen LogP contribution in [0.4, 0.5) is 0 Å². The number of fused-ring (bicyclic) bond motifs is 2. The zero-order chi connectivity index (χ0) is 9.92. The maximum atomic E-state index is 12.1. The summed E-state index contributed by atoms with van der Waals surface area (Å²) < 4.78 is 0. The largest absolute Gasteiger partial charge is 0.328 e. The minimum Gasteiger partial charge on any atom is -0.328 e. The van der Waals surface area contributed by atoms with E-state index < -0.39 is 0 Å². The summed E-state index contributed by atoms with van der Waals surface area (Å²) in [5.41, 5.74) is 2.31. The molecule has 74 valence electrons. The highest BCUT2D eigenvalue weighted by molar-refractivity contribution is 7.10. The van der Waals surface area contributed by atoms with Gasteiger partial charge in [-0.15, -0.1) is 11.3 Å². The van der Waals surface area contributed by atoms with Gasteiger partial charge < -0.3 is 4.90 Å². The molecule has 0 radical (unpaired) electrons. The van der Waals surface area contributed by atoms with E-state index >= 15 is 0 Å². The Labute approximate surface area is 87.5 Å². The highest BCUT2D eigenvalue weighted by atomic mass is 32.1. The Morgan fingerprint density at radius 2 is 2.29 bits per heavy atom. The molecule has 3 rings (SSSR count). The van der Waals surface area contributed by atoms with Crippen LogP contribution in [-0.2, 0) is 5.54 Å². The lowest BCUT2D eigenvalue weighted by atomic mass is 10.1. The lowest BCUT2D eigenvalue weighted by Gasteiger charge is -2.22. The van der Waals surface area contributed by atoms with Crippen molar-refractivity contribution in [2.75, 3.05) is 6.54 Å². The van der Waals surface area contributed by atoms with E-state index in [1.807, 2.05) is 6.92 Å². The van der Waals surface area contributed by atoms with Crippen LogP contribution in [0.1, 0.15) is 40.6 Å². The van der Waals surface area contributed by atoms with Gasteiger partial charge in [-0.2, -0.15) is 0 Å². The molecule has 1 aliphatic heterocycles. The number of rotatable bonds is 1. The molecule has 1 fully saturated rings. The van der Waals surface area contributed by atoms with Crippen molar-refractivity contribution in [2.45, 2.75) is 32.2 Å². The molecule has 1 aromatic rings. The highest BCUT2D eigenvalue weighted by Gasteiger charge is 2.58. The smallest absolute Gasteiger partial charge is 0.256 e. The van der Waals surface area contributed by atoms with Crippen molar-refractivity contribution in [2.24, 2.45) is 0 Å². The Kier molecular flexibility index (Phi) is 1.45. The van der Waals surface area contributed by atoms with Crippen molar-refractivity contribution in [3.05, 3.63) is 21.4 Å². The number of nitrogens with zero attached hydrogens (tertiary/aromatic N) is 1. The Morgan fingerprint density at radius 3 is 2.86 bits per heavy atom. The first-order chi connectivity index (χ1) is 6.70. The summed E-state index contributed by atoms with van der Waals surface area (Å²) in [6, 6.07) is 0. The SMILES string of the molecule is CCN1C(=O)c2c(C)csc2C12CC2. The molecule has 1 amide bonds. The number of aryl methyl sites for hydroxylation is 1. The van der Waals surface area contributed by atoms with E-state index in [0.717, 1.165) is 17.7 Å². The predicted octanol–water partition coefficient (Wildman–Crippen LogP) is 2.52. The molecule has 1 spiro atoms. The van der Waals surface area contributed by atoms with Crippen LogP contribution in [0, 0.1) is 6.92 Å². The summed E-state index contributed by atoms with van der Waals surface area (Å²) in [6.45, 7) is 4.96. The van der Waals surface area contributed by atoms with E-state index in [0.29, 0.717) is 0 Å². The second-order valence-electron chi connectivity index (χ2n) is 4.20. The number of hydrogen-bond donors (Lipinski definition) is 0. The molecule has 3 heteroatoms. The predicted molar refractivity (Wildman–Crippen MR) is 56.7 cm³/mol. The molecule has 0 atom stereocenters. The van der Waals surface area contributed by atoms with Gasteiger partial charge in [0.15, 0.2) is 0 Å². The summed E-state index contributed by atoms with van der Waals surface area (Å²) in [7, 11) is 0. The zero-order valence-corrected chi connectivity index (χ0v) is 9.28. The summed E-state index contributed by atoms with van der Waals surface area (Å²) in [4.78, 5) is 15.5. The fraction of sp³-hybridized carbons (Fsp3) is 0.545. The minimum atomic E-state index is 0.139. The molecule has 1 saturated carbocycles. The van der Waals surface area contributed by atoms with Crippen LogP contribution in [0.25, 0.3) is 0 Å². The second kappa shape index (κ2) is 2.40. The molecule has 0 bridgehead atoms. The summed E-state index contributed by atoms with van der Waals surface area (Å²) in [6.07, 6.45) is 2.33. The molecule has 1 aromatic heterocycles. The Hall–Kier alpha value is -0.830. The van der Waals surface area contributed by atoms with E-state index in [4.69, 9.17) is 0 Å². The van der Waals surface area contributed by atoms with Gasteiger partial charge in [-0.1, -0.05) is 0 Å². The van der Waals surface area contributed by atoms with Gasteiger partial charge in [0.1, 0.15) is 0 Å². The standard InChI is InChI=1S/C11H13NOS/c1-3-12-10(13)8-7(2)6-14-9(8)11(12)4-5-11/h6H,3-5H2,1-2H3. The van der Waals surface area contributed by atoms with Crippen LogP contribution in [0.2, 0.25) is 0 Å². The fourth-order valence-corrected chi connectivity index (χ4v) is 3.88. The van der Waals surface area contributed by atoms with Gasteiger partial charge in [-0.05, 0) is 37.6 Å². The van der Waals surface area contributed by atoms with Gasteiger partial charge in [-0.3, -0.25) is 4.79 Å². The van der Waals surface area contributed by atoms with E-state index in [1.54, 1.807) is 11.3 Å². The van der Waals surface area contributed by atoms with Crippen molar-refractivity contribution >= 4 is 17.2 Å². The van der Waals surface area contributed by atoms with Crippen molar-refractivity contribution in [3.8, 4) is 0 Å². The van der Waals surface area contributed by atoms with Crippen LogP contribution < -0.4 is 0 Å². The van der Waals surface area contributed by atoms with E-state index in [9.17, 15) is 4.79 Å². The minimum absolute atomic E-state index is 0.139. The van der Waals surface area contributed by atoms with E-state index in [2.05, 4.69) is 17.2 Å². The monoisotopic (exact) mass is 207 g/mol. The summed E-state index contributed by atoms with van der Waals surface area (Å²) in [5.74, 6) is 0.263. The lowest BCUT2D eigenvalue weighted by molar-refractivity contribution is 0.0714. The van der Waals surface area contributed by atoms with E-state index in [-0.39, 0.29) is 11.4 Å². The third-order valence-electron chi connectivity index (χ3n) is 3.41. The van der Waals surface area contributed by atoms with Gasteiger partial charge in [-0.25, -0.2) is 0 Å². The van der Waals surface area contributed by atoms with Crippen molar-refractivity contribution in [1.29, 1.82) is 0 Å². The number of carbonyl (C=O) groups excluding carboxylic acids is 1. The Morgan fingerprint density at radius 1 is 1.57 bits per heavy atom. The Balaban J connectivity index is 2.21. The average Bonchev–Trinajstić information content (AvgIpc) is 2.78. The molecular weight excluding hydrogens is 194 g/mol. The molecule has 0 N–H and O–H groups in total. The van der Waals surface area contributed by atoms with Crippen LogP contribution in [-0.4, -0.2) is 17.4 Å². The molecule has 2 heterocycles. The number of carbonyl (C=O) groups is 1.